The molecule has 0 fully saturated rings. The van der Waals surface area contributed by atoms with Gasteiger partial charge >= 0.3 is 19.9 Å². The average Bonchev–Trinajstić information content (AvgIpc) is 3.15. The van der Waals surface area contributed by atoms with E-state index in [1.165, 1.54) is 13.3 Å². The molecule has 3 unspecified atom stereocenters. The number of aromatic nitrogens is 4. The topological polar surface area (TPSA) is 181 Å². The van der Waals surface area contributed by atoms with Crippen LogP contribution in [0.3, 0.4) is 0 Å². The van der Waals surface area contributed by atoms with E-state index in [0.29, 0.717) is 23.5 Å². The quantitative estimate of drug-likeness (QED) is 0.285. The first-order valence-corrected chi connectivity index (χ1v) is 12.9. The lowest BCUT2D eigenvalue weighted by molar-refractivity contribution is -0.156. The Morgan fingerprint density at radius 1 is 1.11 bits per heavy atom. The van der Waals surface area contributed by atoms with Gasteiger partial charge in [-0.2, -0.15) is 0 Å². The van der Waals surface area contributed by atoms with Crippen molar-refractivity contribution in [1.82, 2.24) is 24.6 Å². The molecule has 36 heavy (non-hydrogen) atoms. The summed E-state index contributed by atoms with van der Waals surface area (Å²) in [5, 5.41) is 11.4. The average molecular weight is 530 g/mol. The van der Waals surface area contributed by atoms with E-state index in [1.54, 1.807) is 52.4 Å². The Kier molecular flexibility index (Phi) is 12.3. The Morgan fingerprint density at radius 2 is 1.72 bits per heavy atom. The molecule has 0 aromatic carbocycles. The van der Waals surface area contributed by atoms with Crippen molar-refractivity contribution in [2.24, 2.45) is 0 Å². The predicted molar refractivity (Wildman–Crippen MR) is 134 cm³/mol. The molecule has 13 nitrogen and oxygen atoms in total. The highest BCUT2D eigenvalue weighted by Crippen LogP contribution is 2.23. The first-order valence-electron chi connectivity index (χ1n) is 11.5. The van der Waals surface area contributed by atoms with E-state index >= 15 is 0 Å². The van der Waals surface area contributed by atoms with Crippen molar-refractivity contribution in [3.63, 3.8) is 0 Å². The second-order valence-corrected chi connectivity index (χ2v) is 10.4. The van der Waals surface area contributed by atoms with Gasteiger partial charge in [-0.15, -0.1) is 0 Å². The van der Waals surface area contributed by atoms with Gasteiger partial charge in [0, 0.05) is 0 Å². The Labute approximate surface area is 212 Å². The summed E-state index contributed by atoms with van der Waals surface area (Å²) >= 11 is 0. The van der Waals surface area contributed by atoms with Gasteiger partial charge in [-0.1, -0.05) is 5.09 Å². The summed E-state index contributed by atoms with van der Waals surface area (Å²) in [4.78, 5) is 34.8. The zero-order valence-electron chi connectivity index (χ0n) is 22.1. The number of hydrogen-bond donors (Lipinski definition) is 3. The van der Waals surface area contributed by atoms with Crippen LogP contribution in [0.5, 0.6) is 0 Å². The zero-order chi connectivity index (χ0) is 27.6. The Morgan fingerprint density at radius 3 is 2.25 bits per heavy atom. The van der Waals surface area contributed by atoms with Crippen molar-refractivity contribution in [2.45, 2.75) is 91.9 Å². The molecule has 0 spiro atoms. The summed E-state index contributed by atoms with van der Waals surface area (Å²) in [6.45, 7) is 13.9. The fraction of sp³-hybridized carbons (Fsp3) is 0.682. The van der Waals surface area contributed by atoms with E-state index in [2.05, 4.69) is 24.8 Å². The normalized spacial score (nSPS) is 13.7. The highest BCUT2D eigenvalue weighted by atomic mass is 31.1. The third kappa shape index (κ3) is 10.5. The monoisotopic (exact) mass is 529 g/mol. The molecule has 0 bridgehead atoms. The molecule has 2 aromatic rings. The number of rotatable bonds is 11. The molecule has 2 aromatic heterocycles. The number of hydrogen-bond acceptors (Lipinski definition) is 11. The molecule has 4 N–H and O–H groups in total. The molecule has 0 saturated carbocycles. The molecule has 0 saturated heterocycles. The number of fused-ring (bicyclic) bond motifs is 1. The van der Waals surface area contributed by atoms with Crippen molar-refractivity contribution < 1.29 is 33.5 Å². The molecular formula is C22H38N6O7P+. The number of aliphatic hydroxyl groups is 1. The van der Waals surface area contributed by atoms with Gasteiger partial charge < -0.3 is 29.6 Å². The lowest BCUT2D eigenvalue weighted by Crippen LogP contribution is -2.45. The predicted octanol–water partition coefficient (Wildman–Crippen LogP) is 2.15. The number of nitrogens with zero attached hydrogens (tertiary/aromatic N) is 4. The number of esters is 2. The summed E-state index contributed by atoms with van der Waals surface area (Å²) in [5.41, 5.74) is 5.84. The van der Waals surface area contributed by atoms with Crippen LogP contribution in [-0.4, -0.2) is 72.9 Å². The summed E-state index contributed by atoms with van der Waals surface area (Å²) in [6.07, 6.45) is 1.29. The second-order valence-electron chi connectivity index (χ2n) is 9.17. The van der Waals surface area contributed by atoms with Crippen LogP contribution in [0.1, 0.15) is 55.4 Å². The second kappa shape index (κ2) is 14.1. The molecule has 0 amide bonds. The fourth-order valence-electron chi connectivity index (χ4n) is 2.64. The summed E-state index contributed by atoms with van der Waals surface area (Å²) in [5.74, 6) is -0.712. The molecule has 2 heterocycles. The Hall–Kier alpha value is -2.73. The lowest BCUT2D eigenvalue weighted by atomic mass is 10.1. The number of carbonyl (C=O) groups is 2. The number of carbonyl (C=O) groups excluding carboxylic acids is 2. The van der Waals surface area contributed by atoms with Gasteiger partial charge in [0.25, 0.3) is 6.35 Å². The minimum absolute atomic E-state index is 0.0430. The highest BCUT2D eigenvalue weighted by molar-refractivity contribution is 7.42. The maximum atomic E-state index is 12.3. The summed E-state index contributed by atoms with van der Waals surface area (Å²) < 4.78 is 29.5. The molecule has 2 rings (SSSR count). The molecular weight excluding hydrogens is 491 g/mol. The molecule has 202 valence electrons. The molecule has 0 aliphatic rings. The molecule has 3 atom stereocenters. The van der Waals surface area contributed by atoms with Crippen LogP contribution >= 0.6 is 7.95 Å². The number of ether oxygens (including phenoxy) is 3. The van der Waals surface area contributed by atoms with Gasteiger partial charge in [-0.3, -0.25) is 0 Å². The summed E-state index contributed by atoms with van der Waals surface area (Å²) in [7, 11) is -1.96. The number of anilines is 1. The van der Waals surface area contributed by atoms with Crippen molar-refractivity contribution >= 4 is 36.9 Å². The lowest BCUT2D eigenvalue weighted by Gasteiger charge is -2.20. The zero-order valence-corrected chi connectivity index (χ0v) is 23.0. The van der Waals surface area contributed by atoms with Crippen LogP contribution in [0.15, 0.2) is 12.7 Å². The van der Waals surface area contributed by atoms with Crippen LogP contribution in [0, 0.1) is 0 Å². The number of imidazole rings is 1. The summed E-state index contributed by atoms with van der Waals surface area (Å²) in [6, 6.07) is 0. The van der Waals surface area contributed by atoms with Gasteiger partial charge in [0.1, 0.15) is 17.9 Å². The number of aliphatic hydroxyl groups excluding tert-OH is 1. The minimum Gasteiger partial charge on any atom is -0.462 e. The van der Waals surface area contributed by atoms with Crippen LogP contribution in [0.2, 0.25) is 0 Å². The van der Waals surface area contributed by atoms with Crippen LogP contribution in [-0.2, 0) is 34.9 Å². The first-order chi connectivity index (χ1) is 16.6. The van der Waals surface area contributed by atoms with Crippen LogP contribution < -0.4 is 10.8 Å². The van der Waals surface area contributed by atoms with E-state index in [0.717, 1.165) is 0 Å². The van der Waals surface area contributed by atoms with E-state index < -0.39 is 31.5 Å². The molecule has 0 aliphatic carbocycles. The minimum atomic E-state index is -1.96. The van der Waals surface area contributed by atoms with Crippen LogP contribution in [0.4, 0.5) is 5.82 Å². The Balaban J connectivity index is 0.000000613. The van der Waals surface area contributed by atoms with E-state index in [9.17, 15) is 14.2 Å². The standard InChI is InChI=1S/C16H26N6O4P.C6H12O3/c1-10(2)26-15(23)16(4,5)21-27(24)9-25-11(3)6-22-8-20-12-13(17)18-7-19-14(12)22;1-4(2)9-6(8)5(3)7/h7-8,10-11H,6,9H2,1-5H3,(H,21,24)(H2,17,18,19);4-5,7H,1-3H3/q+1;. The third-order valence-electron chi connectivity index (χ3n) is 4.31. The molecule has 0 radical (unpaired) electrons. The van der Waals surface area contributed by atoms with Crippen molar-refractivity contribution in [3.05, 3.63) is 12.7 Å². The van der Waals surface area contributed by atoms with Gasteiger partial charge in [-0.05, 0) is 60.0 Å². The molecule has 14 heteroatoms. The largest absolute Gasteiger partial charge is 0.462 e. The van der Waals surface area contributed by atoms with Crippen molar-refractivity contribution in [2.75, 3.05) is 12.1 Å². The SMILES string of the molecule is CC(C)OC(=O)C(C)(C)N[P+](=O)COC(C)Cn1cnc2c(N)ncnc21.CC(C)OC(=O)C(C)O. The van der Waals surface area contributed by atoms with E-state index in [-0.39, 0.29) is 24.7 Å². The van der Waals surface area contributed by atoms with E-state index in [1.807, 2.05) is 6.92 Å². The molecule has 0 aliphatic heterocycles. The maximum Gasteiger partial charge on any atom is 0.461 e. The van der Waals surface area contributed by atoms with Crippen molar-refractivity contribution in [3.8, 4) is 0 Å². The first kappa shape index (κ1) is 31.3. The Bertz CT molecular complexity index is 1030. The third-order valence-corrected chi connectivity index (χ3v) is 5.50. The smallest absolute Gasteiger partial charge is 0.461 e. The van der Waals surface area contributed by atoms with Gasteiger partial charge in [0.2, 0.25) is 0 Å². The number of nitrogens with one attached hydrogen (secondary N) is 1. The van der Waals surface area contributed by atoms with Gasteiger partial charge in [-0.25, -0.2) is 24.5 Å². The van der Waals surface area contributed by atoms with Gasteiger partial charge in [0.05, 0.1) is 31.2 Å². The fourth-order valence-corrected chi connectivity index (χ4v) is 3.81. The van der Waals surface area contributed by atoms with Crippen LogP contribution in [0.25, 0.3) is 11.2 Å². The van der Waals surface area contributed by atoms with Crippen molar-refractivity contribution in [1.29, 1.82) is 0 Å². The highest BCUT2D eigenvalue weighted by Gasteiger charge is 2.38. The number of nitrogen functional groups attached to an aromatic ring is 1. The maximum absolute atomic E-state index is 12.3. The van der Waals surface area contributed by atoms with E-state index in [4.69, 9.17) is 20.3 Å². The number of nitrogens with two attached hydrogens (primary N) is 1. The van der Waals surface area contributed by atoms with Gasteiger partial charge in [0.15, 0.2) is 17.0 Å².